The van der Waals surface area contributed by atoms with E-state index in [1.165, 1.54) is 6.07 Å². The molecular formula is C25H21FN2O4. The Kier molecular flexibility index (Phi) is 5.98. The Morgan fingerprint density at radius 3 is 2.38 bits per heavy atom. The van der Waals surface area contributed by atoms with E-state index in [0.29, 0.717) is 11.1 Å². The van der Waals surface area contributed by atoms with Crippen molar-refractivity contribution in [3.63, 3.8) is 0 Å². The molecule has 6 nitrogen and oxygen atoms in total. The summed E-state index contributed by atoms with van der Waals surface area (Å²) in [6, 6.07) is 18.5. The van der Waals surface area contributed by atoms with Crippen LogP contribution in [-0.4, -0.2) is 24.2 Å². The molecule has 0 aromatic heterocycles. The third-order valence-electron chi connectivity index (χ3n) is 5.54. The van der Waals surface area contributed by atoms with Crippen molar-refractivity contribution in [2.24, 2.45) is 0 Å². The van der Waals surface area contributed by atoms with E-state index in [1.807, 2.05) is 24.3 Å². The number of alkyl carbamates (subject to hydrolysis) is 1. The van der Waals surface area contributed by atoms with E-state index in [0.717, 1.165) is 28.3 Å². The average Bonchev–Trinajstić information content (AvgIpc) is 3.11. The number of nitro groups is 1. The highest BCUT2D eigenvalue weighted by molar-refractivity contribution is 5.79. The lowest BCUT2D eigenvalue weighted by molar-refractivity contribution is -0.387. The lowest BCUT2D eigenvalue weighted by Gasteiger charge is -2.14. The largest absolute Gasteiger partial charge is 0.449 e. The smallest absolute Gasteiger partial charge is 0.407 e. The summed E-state index contributed by atoms with van der Waals surface area (Å²) < 4.78 is 19.3. The van der Waals surface area contributed by atoms with E-state index >= 15 is 0 Å². The summed E-state index contributed by atoms with van der Waals surface area (Å²) in [6.07, 6.45) is 2.68. The van der Waals surface area contributed by atoms with Gasteiger partial charge in [0.05, 0.1) is 4.92 Å². The van der Waals surface area contributed by atoms with Gasteiger partial charge in [-0.25, -0.2) is 4.79 Å². The highest BCUT2D eigenvalue weighted by Gasteiger charge is 2.28. The molecule has 0 fully saturated rings. The standard InChI is InChI=1S/C25H21FN2O4/c1-16-13-24(28(30)31)23(26)14-17(16)7-6-12-27-25(29)32-15-22-20-10-4-2-8-18(20)19-9-3-5-11-21(19)22/h2-11,13-14,22H,12,15H2,1H3,(H,27,29). The van der Waals surface area contributed by atoms with Gasteiger partial charge in [0.25, 0.3) is 0 Å². The maximum absolute atomic E-state index is 13.8. The van der Waals surface area contributed by atoms with Crippen LogP contribution < -0.4 is 5.32 Å². The molecule has 4 rings (SSSR count). The molecule has 0 heterocycles. The number of hydrogen-bond donors (Lipinski definition) is 1. The summed E-state index contributed by atoms with van der Waals surface area (Å²) >= 11 is 0. The molecule has 162 valence electrons. The van der Waals surface area contributed by atoms with Gasteiger partial charge in [0, 0.05) is 18.5 Å². The van der Waals surface area contributed by atoms with Gasteiger partial charge in [0.1, 0.15) is 6.61 Å². The van der Waals surface area contributed by atoms with Gasteiger partial charge in [0.2, 0.25) is 5.82 Å². The van der Waals surface area contributed by atoms with Gasteiger partial charge in [-0.2, -0.15) is 4.39 Å². The van der Waals surface area contributed by atoms with E-state index in [2.05, 4.69) is 29.6 Å². The number of nitro benzene ring substituents is 1. The number of amides is 1. The van der Waals surface area contributed by atoms with E-state index in [9.17, 15) is 19.3 Å². The van der Waals surface area contributed by atoms with Crippen molar-refractivity contribution in [3.8, 4) is 11.1 Å². The van der Waals surface area contributed by atoms with Crippen molar-refractivity contribution in [2.45, 2.75) is 12.8 Å². The lowest BCUT2D eigenvalue weighted by atomic mass is 9.98. The van der Waals surface area contributed by atoms with E-state index in [1.54, 1.807) is 19.1 Å². The van der Waals surface area contributed by atoms with Crippen LogP contribution in [0.2, 0.25) is 0 Å². The van der Waals surface area contributed by atoms with E-state index < -0.39 is 22.5 Å². The molecule has 1 aliphatic carbocycles. The Hall–Kier alpha value is -4.00. The zero-order chi connectivity index (χ0) is 22.7. The Morgan fingerprint density at radius 2 is 1.75 bits per heavy atom. The molecule has 0 aliphatic heterocycles. The number of nitrogens with zero attached hydrogens (tertiary/aromatic N) is 1. The van der Waals surface area contributed by atoms with Crippen molar-refractivity contribution < 1.29 is 18.8 Å². The molecule has 3 aromatic carbocycles. The number of benzene rings is 3. The Bertz CT molecular complexity index is 1180. The maximum atomic E-state index is 13.8. The van der Waals surface area contributed by atoms with Gasteiger partial charge in [-0.3, -0.25) is 10.1 Å². The van der Waals surface area contributed by atoms with Gasteiger partial charge >= 0.3 is 11.8 Å². The molecule has 32 heavy (non-hydrogen) atoms. The first kappa shape index (κ1) is 21.2. The first-order valence-corrected chi connectivity index (χ1v) is 10.2. The lowest BCUT2D eigenvalue weighted by Crippen LogP contribution is -2.26. The summed E-state index contributed by atoms with van der Waals surface area (Å²) in [5.74, 6) is -0.917. The van der Waals surface area contributed by atoms with Gasteiger partial charge in [0.15, 0.2) is 0 Å². The first-order valence-electron chi connectivity index (χ1n) is 10.2. The summed E-state index contributed by atoms with van der Waals surface area (Å²) in [5.41, 5.74) is 5.10. The number of ether oxygens (including phenoxy) is 1. The number of fused-ring (bicyclic) bond motifs is 3. The predicted octanol–water partition coefficient (Wildman–Crippen LogP) is 5.59. The van der Waals surface area contributed by atoms with Crippen molar-refractivity contribution in [3.05, 3.63) is 105 Å². The zero-order valence-corrected chi connectivity index (χ0v) is 17.4. The fraction of sp³-hybridized carbons (Fsp3) is 0.160. The summed E-state index contributed by atoms with van der Waals surface area (Å²) in [4.78, 5) is 22.2. The van der Waals surface area contributed by atoms with Crippen LogP contribution in [0.1, 0.15) is 28.2 Å². The van der Waals surface area contributed by atoms with Crippen LogP contribution in [0.4, 0.5) is 14.9 Å². The predicted molar refractivity (Wildman–Crippen MR) is 120 cm³/mol. The topological polar surface area (TPSA) is 81.5 Å². The number of hydrogen-bond acceptors (Lipinski definition) is 4. The van der Waals surface area contributed by atoms with Crippen LogP contribution >= 0.6 is 0 Å². The second-order valence-corrected chi connectivity index (χ2v) is 7.53. The monoisotopic (exact) mass is 432 g/mol. The molecule has 3 aromatic rings. The number of aryl methyl sites for hydroxylation is 1. The van der Waals surface area contributed by atoms with E-state index in [-0.39, 0.29) is 19.1 Å². The SMILES string of the molecule is Cc1cc([N+](=O)[O-])c(F)cc1C=CCNC(=O)OCC1c2ccccc2-c2ccccc21. The molecule has 0 atom stereocenters. The molecule has 0 unspecified atom stereocenters. The van der Waals surface area contributed by atoms with Crippen LogP contribution in [0.25, 0.3) is 17.2 Å². The molecule has 0 spiro atoms. The molecular weight excluding hydrogens is 411 g/mol. The number of rotatable bonds is 6. The minimum absolute atomic E-state index is 0.0190. The molecule has 0 bridgehead atoms. The third-order valence-corrected chi connectivity index (χ3v) is 5.54. The summed E-state index contributed by atoms with van der Waals surface area (Å²) in [6.45, 7) is 2.05. The maximum Gasteiger partial charge on any atom is 0.407 e. The second-order valence-electron chi connectivity index (χ2n) is 7.53. The van der Waals surface area contributed by atoms with Crippen LogP contribution in [0.3, 0.4) is 0 Å². The van der Waals surface area contributed by atoms with Gasteiger partial charge < -0.3 is 10.1 Å². The normalized spacial score (nSPS) is 12.4. The molecule has 0 radical (unpaired) electrons. The number of carbonyl (C=O) groups excluding carboxylic acids is 1. The second kappa shape index (κ2) is 9.01. The zero-order valence-electron chi connectivity index (χ0n) is 17.4. The molecule has 7 heteroatoms. The Morgan fingerprint density at radius 1 is 1.12 bits per heavy atom. The van der Waals surface area contributed by atoms with Crippen molar-refractivity contribution >= 4 is 17.9 Å². The van der Waals surface area contributed by atoms with Crippen LogP contribution in [0, 0.1) is 22.9 Å². The van der Waals surface area contributed by atoms with E-state index in [4.69, 9.17) is 4.74 Å². The average molecular weight is 432 g/mol. The molecule has 1 aliphatic rings. The molecule has 0 saturated carbocycles. The van der Waals surface area contributed by atoms with Crippen molar-refractivity contribution in [1.82, 2.24) is 5.32 Å². The summed E-state index contributed by atoms with van der Waals surface area (Å²) in [7, 11) is 0. The highest BCUT2D eigenvalue weighted by Crippen LogP contribution is 2.44. The van der Waals surface area contributed by atoms with Crippen LogP contribution in [-0.2, 0) is 4.74 Å². The summed E-state index contributed by atoms with van der Waals surface area (Å²) in [5, 5.41) is 13.4. The number of halogens is 1. The van der Waals surface area contributed by atoms with Crippen molar-refractivity contribution in [1.29, 1.82) is 0 Å². The molecule has 0 saturated heterocycles. The Labute approximate surface area is 184 Å². The van der Waals surface area contributed by atoms with Crippen LogP contribution in [0.15, 0.2) is 66.7 Å². The number of carbonyl (C=O) groups is 1. The van der Waals surface area contributed by atoms with Gasteiger partial charge in [-0.05, 0) is 46.4 Å². The first-order chi connectivity index (χ1) is 15.5. The fourth-order valence-electron chi connectivity index (χ4n) is 3.98. The third kappa shape index (κ3) is 4.23. The van der Waals surface area contributed by atoms with Crippen molar-refractivity contribution in [2.75, 3.05) is 13.2 Å². The fourth-order valence-corrected chi connectivity index (χ4v) is 3.98. The molecule has 1 N–H and O–H groups in total. The number of nitrogens with one attached hydrogen (secondary N) is 1. The molecule has 1 amide bonds. The van der Waals surface area contributed by atoms with Crippen LogP contribution in [0.5, 0.6) is 0 Å². The van der Waals surface area contributed by atoms with Gasteiger partial charge in [-0.15, -0.1) is 0 Å². The highest BCUT2D eigenvalue weighted by atomic mass is 19.1. The quantitative estimate of drug-likeness (QED) is 0.406. The minimum Gasteiger partial charge on any atom is -0.449 e. The Balaban J connectivity index is 1.34. The minimum atomic E-state index is -0.898. The van der Waals surface area contributed by atoms with Gasteiger partial charge in [-0.1, -0.05) is 60.7 Å².